The Morgan fingerprint density at radius 2 is 1.85 bits per heavy atom. The number of hydrogen-bond donors (Lipinski definition) is 2. The zero-order chi connectivity index (χ0) is 16.8. The van der Waals surface area contributed by atoms with Crippen molar-refractivity contribution in [3.8, 4) is 0 Å². The number of ether oxygens (including phenoxy) is 1. The Bertz CT molecular complexity index is 536. The maximum atomic E-state index is 12.4. The first-order valence-corrected chi connectivity index (χ1v) is 9.16. The molecular formula is C19H31Cl2N3O2. The number of morpholine rings is 1. The molecule has 3 N–H and O–H groups in total. The van der Waals surface area contributed by atoms with Crippen LogP contribution in [0.15, 0.2) is 24.3 Å². The summed E-state index contributed by atoms with van der Waals surface area (Å²) in [5.41, 5.74) is 7.97. The van der Waals surface area contributed by atoms with E-state index in [1.54, 1.807) is 0 Å². The molecule has 1 aliphatic carbocycles. The van der Waals surface area contributed by atoms with Gasteiger partial charge in [0.2, 0.25) is 5.91 Å². The van der Waals surface area contributed by atoms with Gasteiger partial charge in [0.15, 0.2) is 0 Å². The van der Waals surface area contributed by atoms with Crippen LogP contribution in [-0.2, 0) is 16.0 Å². The molecule has 0 radical (unpaired) electrons. The average molecular weight is 404 g/mol. The molecule has 2 fully saturated rings. The van der Waals surface area contributed by atoms with E-state index in [0.29, 0.717) is 12.5 Å². The molecule has 0 spiro atoms. The third-order valence-corrected chi connectivity index (χ3v) is 5.34. The molecule has 1 heterocycles. The average Bonchev–Trinajstić information content (AvgIpc) is 3.11. The number of amides is 1. The second-order valence-electron chi connectivity index (χ2n) is 6.92. The van der Waals surface area contributed by atoms with Crippen molar-refractivity contribution in [2.45, 2.75) is 25.7 Å². The van der Waals surface area contributed by atoms with Crippen LogP contribution in [0.25, 0.3) is 0 Å². The van der Waals surface area contributed by atoms with E-state index in [1.165, 1.54) is 5.56 Å². The maximum absolute atomic E-state index is 12.4. The molecule has 0 aromatic heterocycles. The lowest BCUT2D eigenvalue weighted by atomic mass is 9.95. The summed E-state index contributed by atoms with van der Waals surface area (Å²) in [5.74, 6) is 0.554. The summed E-state index contributed by atoms with van der Waals surface area (Å²) in [4.78, 5) is 14.9. The molecule has 5 nitrogen and oxygen atoms in total. The predicted octanol–water partition coefficient (Wildman–Crippen LogP) is 2.72. The van der Waals surface area contributed by atoms with Gasteiger partial charge in [-0.3, -0.25) is 9.69 Å². The van der Waals surface area contributed by atoms with Gasteiger partial charge in [-0.25, -0.2) is 0 Å². The number of nitrogens with zero attached hydrogens (tertiary/aromatic N) is 1. The molecule has 1 amide bonds. The van der Waals surface area contributed by atoms with Gasteiger partial charge in [-0.2, -0.15) is 0 Å². The van der Waals surface area contributed by atoms with Crippen molar-refractivity contribution in [2.24, 2.45) is 17.6 Å². The highest BCUT2D eigenvalue weighted by Crippen LogP contribution is 2.31. The molecule has 2 atom stereocenters. The molecule has 1 saturated heterocycles. The Kier molecular flexibility index (Phi) is 10.5. The van der Waals surface area contributed by atoms with Crippen molar-refractivity contribution < 1.29 is 9.53 Å². The summed E-state index contributed by atoms with van der Waals surface area (Å²) < 4.78 is 5.37. The summed E-state index contributed by atoms with van der Waals surface area (Å²) in [7, 11) is 0. The fourth-order valence-corrected chi connectivity index (χ4v) is 3.77. The minimum atomic E-state index is 0. The third kappa shape index (κ3) is 6.39. The fourth-order valence-electron chi connectivity index (χ4n) is 3.77. The lowest BCUT2D eigenvalue weighted by Crippen LogP contribution is -2.37. The summed E-state index contributed by atoms with van der Waals surface area (Å²) in [6.45, 7) is 5.41. The molecule has 26 heavy (non-hydrogen) atoms. The van der Waals surface area contributed by atoms with E-state index in [2.05, 4.69) is 22.3 Å². The second-order valence-corrected chi connectivity index (χ2v) is 6.92. The topological polar surface area (TPSA) is 67.6 Å². The fraction of sp³-hybridized carbons (Fsp3) is 0.632. The lowest BCUT2D eigenvalue weighted by molar-refractivity contribution is -0.120. The molecule has 1 aromatic rings. The minimum Gasteiger partial charge on any atom is -0.379 e. The first-order chi connectivity index (χ1) is 11.8. The number of anilines is 1. The number of hydrogen-bond acceptors (Lipinski definition) is 4. The summed E-state index contributed by atoms with van der Waals surface area (Å²) >= 11 is 0. The van der Waals surface area contributed by atoms with E-state index in [0.717, 1.165) is 64.2 Å². The highest BCUT2D eigenvalue weighted by Gasteiger charge is 2.31. The van der Waals surface area contributed by atoms with Crippen LogP contribution in [0.4, 0.5) is 5.69 Å². The second kappa shape index (κ2) is 11.8. The molecule has 1 aromatic carbocycles. The van der Waals surface area contributed by atoms with Gasteiger partial charge >= 0.3 is 0 Å². The Morgan fingerprint density at radius 3 is 2.50 bits per heavy atom. The van der Waals surface area contributed by atoms with Crippen LogP contribution in [0.1, 0.15) is 24.8 Å². The molecule has 2 aliphatic rings. The number of halogens is 2. The number of nitrogens with one attached hydrogen (secondary N) is 1. The molecule has 0 unspecified atom stereocenters. The standard InChI is InChI=1S/C19H29N3O2.2ClH/c20-14-16-2-1-3-18(16)19(23)21-17-6-4-15(5-7-17)8-9-22-10-12-24-13-11-22;;/h4-7,16,18H,1-3,8-14,20H2,(H,21,23);2*1H/t16-,18-;;/m1../s1. The van der Waals surface area contributed by atoms with E-state index in [9.17, 15) is 4.79 Å². The molecule has 1 aliphatic heterocycles. The van der Waals surface area contributed by atoms with E-state index in [-0.39, 0.29) is 36.6 Å². The van der Waals surface area contributed by atoms with Gasteiger partial charge in [0.25, 0.3) is 0 Å². The zero-order valence-electron chi connectivity index (χ0n) is 15.2. The van der Waals surface area contributed by atoms with E-state index < -0.39 is 0 Å². The van der Waals surface area contributed by atoms with Crippen molar-refractivity contribution in [1.82, 2.24) is 4.90 Å². The van der Waals surface area contributed by atoms with Gasteiger partial charge in [0, 0.05) is 31.2 Å². The van der Waals surface area contributed by atoms with Crippen molar-refractivity contribution >= 4 is 36.4 Å². The number of carbonyl (C=O) groups excluding carboxylic acids is 1. The van der Waals surface area contributed by atoms with Crippen LogP contribution in [0.2, 0.25) is 0 Å². The number of carbonyl (C=O) groups is 1. The Balaban J connectivity index is 0.00000169. The van der Waals surface area contributed by atoms with Gasteiger partial charge in [-0.15, -0.1) is 24.8 Å². The van der Waals surface area contributed by atoms with Crippen molar-refractivity contribution in [1.29, 1.82) is 0 Å². The normalized spacial score (nSPS) is 23.0. The van der Waals surface area contributed by atoms with Gasteiger partial charge in [0.1, 0.15) is 0 Å². The van der Waals surface area contributed by atoms with E-state index >= 15 is 0 Å². The lowest BCUT2D eigenvalue weighted by Gasteiger charge is -2.26. The maximum Gasteiger partial charge on any atom is 0.227 e. The van der Waals surface area contributed by atoms with E-state index in [1.807, 2.05) is 12.1 Å². The van der Waals surface area contributed by atoms with Gasteiger partial charge in [-0.1, -0.05) is 18.6 Å². The minimum absolute atomic E-state index is 0. The molecular weight excluding hydrogens is 373 g/mol. The van der Waals surface area contributed by atoms with Crippen molar-refractivity contribution in [3.63, 3.8) is 0 Å². The Hall–Kier alpha value is -0.850. The quantitative estimate of drug-likeness (QED) is 0.765. The van der Waals surface area contributed by atoms with Gasteiger partial charge < -0.3 is 15.8 Å². The first-order valence-electron chi connectivity index (χ1n) is 9.16. The van der Waals surface area contributed by atoms with Crippen LogP contribution in [0, 0.1) is 11.8 Å². The highest BCUT2D eigenvalue weighted by molar-refractivity contribution is 5.92. The Labute approximate surface area is 168 Å². The Morgan fingerprint density at radius 1 is 1.15 bits per heavy atom. The smallest absolute Gasteiger partial charge is 0.227 e. The van der Waals surface area contributed by atoms with Crippen LogP contribution < -0.4 is 11.1 Å². The zero-order valence-corrected chi connectivity index (χ0v) is 16.8. The SMILES string of the molecule is Cl.Cl.NC[C@H]1CCC[C@H]1C(=O)Nc1ccc(CCN2CCOCC2)cc1. The van der Waals surface area contributed by atoms with Crippen LogP contribution in [0.3, 0.4) is 0 Å². The molecule has 0 bridgehead atoms. The number of nitrogens with two attached hydrogens (primary N) is 1. The molecule has 148 valence electrons. The number of rotatable bonds is 6. The molecule has 3 rings (SSSR count). The third-order valence-electron chi connectivity index (χ3n) is 5.34. The monoisotopic (exact) mass is 403 g/mol. The summed E-state index contributed by atoms with van der Waals surface area (Å²) in [6, 6.07) is 8.26. The summed E-state index contributed by atoms with van der Waals surface area (Å²) in [6.07, 6.45) is 4.19. The largest absolute Gasteiger partial charge is 0.379 e. The molecule has 7 heteroatoms. The number of benzene rings is 1. The van der Waals surface area contributed by atoms with Crippen LogP contribution >= 0.6 is 24.8 Å². The van der Waals surface area contributed by atoms with Crippen molar-refractivity contribution in [3.05, 3.63) is 29.8 Å². The van der Waals surface area contributed by atoms with Crippen molar-refractivity contribution in [2.75, 3.05) is 44.7 Å². The van der Waals surface area contributed by atoms with Crippen LogP contribution in [-0.4, -0.2) is 50.2 Å². The van der Waals surface area contributed by atoms with Gasteiger partial charge in [-0.05, 0) is 49.4 Å². The first kappa shape index (κ1) is 23.2. The van der Waals surface area contributed by atoms with E-state index in [4.69, 9.17) is 10.5 Å². The highest BCUT2D eigenvalue weighted by atomic mass is 35.5. The summed E-state index contributed by atoms with van der Waals surface area (Å²) in [5, 5.41) is 3.06. The molecule has 1 saturated carbocycles. The van der Waals surface area contributed by atoms with Crippen LogP contribution in [0.5, 0.6) is 0 Å². The van der Waals surface area contributed by atoms with Gasteiger partial charge in [0.05, 0.1) is 13.2 Å². The predicted molar refractivity (Wildman–Crippen MR) is 110 cm³/mol.